The summed E-state index contributed by atoms with van der Waals surface area (Å²) in [5, 5.41) is 3.07. The first-order chi connectivity index (χ1) is 7.70. The molecule has 16 heavy (non-hydrogen) atoms. The second kappa shape index (κ2) is 5.01. The van der Waals surface area contributed by atoms with Crippen molar-refractivity contribution >= 4 is 6.03 Å². The molecule has 0 aliphatic carbocycles. The standard InChI is InChI=1S/C11H20N2O3/c1-11(3-2-6-16-9-11)12-10(14)13-4-7-15-8-5-13/h2-9H2,1H3,(H,12,14). The second-order valence-corrected chi connectivity index (χ2v) is 4.75. The van der Waals surface area contributed by atoms with Gasteiger partial charge in [-0.25, -0.2) is 4.79 Å². The SMILES string of the molecule is CC1(NC(=O)N2CCOCC2)CCCOC1. The van der Waals surface area contributed by atoms with Crippen LogP contribution in [0, 0.1) is 0 Å². The first-order valence-electron chi connectivity index (χ1n) is 5.92. The van der Waals surface area contributed by atoms with Gasteiger partial charge in [-0.1, -0.05) is 0 Å². The number of nitrogens with zero attached hydrogens (tertiary/aromatic N) is 1. The third kappa shape index (κ3) is 2.86. The highest BCUT2D eigenvalue weighted by Gasteiger charge is 2.31. The van der Waals surface area contributed by atoms with Gasteiger partial charge < -0.3 is 19.7 Å². The van der Waals surface area contributed by atoms with E-state index in [9.17, 15) is 4.79 Å². The molecule has 0 aromatic rings. The topological polar surface area (TPSA) is 50.8 Å². The van der Waals surface area contributed by atoms with Crippen LogP contribution in [-0.4, -0.2) is 56.0 Å². The monoisotopic (exact) mass is 228 g/mol. The molecule has 0 bridgehead atoms. The van der Waals surface area contributed by atoms with Crippen molar-refractivity contribution in [3.63, 3.8) is 0 Å². The van der Waals surface area contributed by atoms with Crippen LogP contribution >= 0.6 is 0 Å². The number of morpholine rings is 1. The Morgan fingerprint density at radius 1 is 1.25 bits per heavy atom. The number of ether oxygens (including phenoxy) is 2. The fourth-order valence-electron chi connectivity index (χ4n) is 2.14. The van der Waals surface area contributed by atoms with Crippen LogP contribution in [0.1, 0.15) is 19.8 Å². The van der Waals surface area contributed by atoms with E-state index in [1.807, 2.05) is 11.8 Å². The Morgan fingerprint density at radius 3 is 2.62 bits per heavy atom. The van der Waals surface area contributed by atoms with Crippen LogP contribution in [0.15, 0.2) is 0 Å². The van der Waals surface area contributed by atoms with Crippen LogP contribution in [0.25, 0.3) is 0 Å². The molecular formula is C11H20N2O3. The van der Waals surface area contributed by atoms with E-state index >= 15 is 0 Å². The zero-order valence-corrected chi connectivity index (χ0v) is 9.83. The highest BCUT2D eigenvalue weighted by atomic mass is 16.5. The largest absolute Gasteiger partial charge is 0.379 e. The summed E-state index contributed by atoms with van der Waals surface area (Å²) in [6.45, 7) is 6.11. The summed E-state index contributed by atoms with van der Waals surface area (Å²) < 4.78 is 10.6. The molecule has 2 saturated heterocycles. The lowest BCUT2D eigenvalue weighted by Gasteiger charge is -2.37. The van der Waals surface area contributed by atoms with Gasteiger partial charge in [-0.15, -0.1) is 0 Å². The van der Waals surface area contributed by atoms with Crippen molar-refractivity contribution in [1.82, 2.24) is 10.2 Å². The number of rotatable bonds is 1. The van der Waals surface area contributed by atoms with Gasteiger partial charge in [-0.05, 0) is 19.8 Å². The molecule has 2 amide bonds. The third-order valence-electron chi connectivity index (χ3n) is 3.14. The van der Waals surface area contributed by atoms with Crippen molar-refractivity contribution in [2.24, 2.45) is 0 Å². The smallest absolute Gasteiger partial charge is 0.318 e. The molecular weight excluding hydrogens is 208 g/mol. The van der Waals surface area contributed by atoms with Crippen LogP contribution in [0.5, 0.6) is 0 Å². The molecule has 2 aliphatic heterocycles. The molecule has 2 rings (SSSR count). The molecule has 92 valence electrons. The van der Waals surface area contributed by atoms with Crippen LogP contribution in [-0.2, 0) is 9.47 Å². The van der Waals surface area contributed by atoms with Gasteiger partial charge in [0.15, 0.2) is 0 Å². The number of nitrogens with one attached hydrogen (secondary N) is 1. The van der Waals surface area contributed by atoms with E-state index in [1.54, 1.807) is 0 Å². The number of amides is 2. The molecule has 5 heteroatoms. The zero-order valence-electron chi connectivity index (χ0n) is 9.83. The fraction of sp³-hybridized carbons (Fsp3) is 0.909. The van der Waals surface area contributed by atoms with Gasteiger partial charge >= 0.3 is 6.03 Å². The second-order valence-electron chi connectivity index (χ2n) is 4.75. The maximum atomic E-state index is 12.0. The first-order valence-corrected chi connectivity index (χ1v) is 5.92. The molecule has 1 unspecified atom stereocenters. The molecule has 0 aromatic carbocycles. The van der Waals surface area contributed by atoms with E-state index in [2.05, 4.69) is 5.32 Å². The number of hydrogen-bond donors (Lipinski definition) is 1. The fourth-order valence-corrected chi connectivity index (χ4v) is 2.14. The molecule has 2 aliphatic rings. The van der Waals surface area contributed by atoms with Crippen LogP contribution < -0.4 is 5.32 Å². The average Bonchev–Trinajstić information content (AvgIpc) is 2.30. The Hall–Kier alpha value is -0.810. The van der Waals surface area contributed by atoms with Crippen LogP contribution in [0.4, 0.5) is 4.79 Å². The number of hydrogen-bond acceptors (Lipinski definition) is 3. The lowest BCUT2D eigenvalue weighted by Crippen LogP contribution is -2.57. The summed E-state index contributed by atoms with van der Waals surface area (Å²) in [5.74, 6) is 0. The van der Waals surface area contributed by atoms with Gasteiger partial charge in [0, 0.05) is 19.7 Å². The molecule has 1 atom stereocenters. The minimum atomic E-state index is -0.201. The molecule has 5 nitrogen and oxygen atoms in total. The normalized spacial score (nSPS) is 31.2. The Balaban J connectivity index is 1.85. The molecule has 2 heterocycles. The van der Waals surface area contributed by atoms with Crippen molar-refractivity contribution in [3.05, 3.63) is 0 Å². The van der Waals surface area contributed by atoms with Gasteiger partial charge in [0.2, 0.25) is 0 Å². The maximum Gasteiger partial charge on any atom is 0.318 e. The highest BCUT2D eigenvalue weighted by Crippen LogP contribution is 2.18. The van der Waals surface area contributed by atoms with Crippen molar-refractivity contribution in [1.29, 1.82) is 0 Å². The number of carbonyl (C=O) groups is 1. The van der Waals surface area contributed by atoms with Crippen LogP contribution in [0.3, 0.4) is 0 Å². The van der Waals surface area contributed by atoms with E-state index in [1.165, 1.54) is 0 Å². The Morgan fingerprint density at radius 2 is 2.00 bits per heavy atom. The summed E-state index contributed by atoms with van der Waals surface area (Å²) in [7, 11) is 0. The van der Waals surface area contributed by atoms with E-state index in [0.717, 1.165) is 19.4 Å². The van der Waals surface area contributed by atoms with E-state index in [4.69, 9.17) is 9.47 Å². The quantitative estimate of drug-likeness (QED) is 0.715. The minimum absolute atomic E-state index is 0.0105. The molecule has 0 saturated carbocycles. The third-order valence-corrected chi connectivity index (χ3v) is 3.14. The Labute approximate surface area is 96.1 Å². The van der Waals surface area contributed by atoms with Gasteiger partial charge in [-0.2, -0.15) is 0 Å². The molecule has 0 radical (unpaired) electrons. The summed E-state index contributed by atoms with van der Waals surface area (Å²) in [6.07, 6.45) is 2.00. The van der Waals surface area contributed by atoms with Gasteiger partial charge in [-0.3, -0.25) is 0 Å². The van der Waals surface area contributed by atoms with E-state index in [0.29, 0.717) is 32.9 Å². The molecule has 2 fully saturated rings. The predicted octanol–water partition coefficient (Wildman–Crippen LogP) is 0.597. The molecule has 0 aromatic heterocycles. The van der Waals surface area contributed by atoms with Crippen molar-refractivity contribution < 1.29 is 14.3 Å². The lowest BCUT2D eigenvalue weighted by atomic mass is 9.95. The Bertz CT molecular complexity index is 246. The summed E-state index contributed by atoms with van der Waals surface area (Å²) in [4.78, 5) is 13.8. The van der Waals surface area contributed by atoms with Crippen molar-refractivity contribution in [2.45, 2.75) is 25.3 Å². The molecule has 0 spiro atoms. The minimum Gasteiger partial charge on any atom is -0.379 e. The van der Waals surface area contributed by atoms with Gasteiger partial charge in [0.1, 0.15) is 0 Å². The number of urea groups is 1. The Kier molecular flexibility index (Phi) is 3.66. The highest BCUT2D eigenvalue weighted by molar-refractivity contribution is 5.75. The predicted molar refractivity (Wildman–Crippen MR) is 59.4 cm³/mol. The number of carbonyl (C=O) groups excluding carboxylic acids is 1. The van der Waals surface area contributed by atoms with E-state index < -0.39 is 0 Å². The summed E-state index contributed by atoms with van der Waals surface area (Å²) >= 11 is 0. The summed E-state index contributed by atoms with van der Waals surface area (Å²) in [6, 6.07) is 0.0105. The average molecular weight is 228 g/mol. The van der Waals surface area contributed by atoms with Gasteiger partial charge in [0.05, 0.1) is 25.4 Å². The first kappa shape index (κ1) is 11.7. The van der Waals surface area contributed by atoms with E-state index in [-0.39, 0.29) is 11.6 Å². The van der Waals surface area contributed by atoms with Crippen molar-refractivity contribution in [2.75, 3.05) is 39.5 Å². The van der Waals surface area contributed by atoms with Crippen molar-refractivity contribution in [3.8, 4) is 0 Å². The maximum absolute atomic E-state index is 12.0. The van der Waals surface area contributed by atoms with Crippen LogP contribution in [0.2, 0.25) is 0 Å². The lowest BCUT2D eigenvalue weighted by molar-refractivity contribution is 0.0225. The molecule has 1 N–H and O–H groups in total. The summed E-state index contributed by atoms with van der Waals surface area (Å²) in [5.41, 5.74) is -0.201. The van der Waals surface area contributed by atoms with Gasteiger partial charge in [0.25, 0.3) is 0 Å². The zero-order chi connectivity index (χ0) is 11.4.